The van der Waals surface area contributed by atoms with Gasteiger partial charge in [0.25, 0.3) is 0 Å². The Morgan fingerprint density at radius 2 is 1.26 bits per heavy atom. The van der Waals surface area contributed by atoms with Gasteiger partial charge in [0.05, 0.1) is 22.3 Å². The quantitative estimate of drug-likeness (QED) is 0.597. The third-order valence-corrected chi connectivity index (χ3v) is 4.45. The predicted molar refractivity (Wildman–Crippen MR) is 82.0 cm³/mol. The zero-order valence-corrected chi connectivity index (χ0v) is 11.9. The molecule has 23 heavy (non-hydrogen) atoms. The first kappa shape index (κ1) is 12.4. The lowest BCUT2D eigenvalue weighted by Gasteiger charge is -2.33. The standard InChI is InChI=1S/C19H10O4/c20-17-12-7-1-2-9-14(12)19(22-17)15-10-4-6-11-5-3-8-13(16(11)15)18(21)23-19/h1-10H/t19-/m0/s1. The third kappa shape index (κ3) is 1.40. The van der Waals surface area contributed by atoms with Crippen molar-refractivity contribution < 1.29 is 19.1 Å². The molecule has 0 bridgehead atoms. The number of rotatable bonds is 0. The number of hydrogen-bond donors (Lipinski definition) is 0. The van der Waals surface area contributed by atoms with Crippen LogP contribution in [0.5, 0.6) is 0 Å². The van der Waals surface area contributed by atoms with Crippen LogP contribution in [0.15, 0.2) is 60.7 Å². The van der Waals surface area contributed by atoms with Gasteiger partial charge in [-0.1, -0.05) is 42.5 Å². The highest BCUT2D eigenvalue weighted by Gasteiger charge is 2.53. The fourth-order valence-electron chi connectivity index (χ4n) is 3.49. The summed E-state index contributed by atoms with van der Waals surface area (Å²) in [5.74, 6) is -2.46. The molecule has 4 heteroatoms. The Balaban J connectivity index is 1.94. The molecule has 2 heterocycles. The zero-order chi connectivity index (χ0) is 15.6. The molecule has 1 atom stereocenters. The summed E-state index contributed by atoms with van der Waals surface area (Å²) in [6, 6.07) is 18.1. The summed E-state index contributed by atoms with van der Waals surface area (Å²) in [5, 5.41) is 1.69. The minimum atomic E-state index is -1.49. The molecule has 2 aliphatic rings. The van der Waals surface area contributed by atoms with Crippen molar-refractivity contribution in [1.29, 1.82) is 0 Å². The summed E-state index contributed by atoms with van der Waals surface area (Å²) in [7, 11) is 0. The summed E-state index contributed by atoms with van der Waals surface area (Å²) in [6.07, 6.45) is 0. The van der Waals surface area contributed by atoms with Crippen molar-refractivity contribution in [2.24, 2.45) is 0 Å². The van der Waals surface area contributed by atoms with E-state index >= 15 is 0 Å². The van der Waals surface area contributed by atoms with E-state index in [0.717, 1.165) is 10.8 Å². The first-order chi connectivity index (χ1) is 11.2. The van der Waals surface area contributed by atoms with Crippen molar-refractivity contribution in [3.63, 3.8) is 0 Å². The highest BCUT2D eigenvalue weighted by molar-refractivity contribution is 6.09. The van der Waals surface area contributed by atoms with Crippen LogP contribution in [-0.4, -0.2) is 11.9 Å². The number of ether oxygens (including phenoxy) is 2. The van der Waals surface area contributed by atoms with Gasteiger partial charge in [-0.2, -0.15) is 0 Å². The van der Waals surface area contributed by atoms with Gasteiger partial charge in [-0.3, -0.25) is 0 Å². The Morgan fingerprint density at radius 3 is 2.09 bits per heavy atom. The van der Waals surface area contributed by atoms with Gasteiger partial charge in [-0.25, -0.2) is 9.59 Å². The SMILES string of the molecule is O=C1O[C@]2(OC(=O)c3cccc4cccc2c34)c2ccccc21. The lowest BCUT2D eigenvalue weighted by atomic mass is 9.87. The second-order valence-corrected chi connectivity index (χ2v) is 5.65. The van der Waals surface area contributed by atoms with E-state index in [4.69, 9.17) is 9.47 Å². The summed E-state index contributed by atoms with van der Waals surface area (Å²) < 4.78 is 11.3. The molecule has 0 aromatic heterocycles. The molecule has 5 rings (SSSR count). The second-order valence-electron chi connectivity index (χ2n) is 5.65. The summed E-state index contributed by atoms with van der Waals surface area (Å²) in [6.45, 7) is 0. The van der Waals surface area contributed by atoms with Crippen LogP contribution in [0.1, 0.15) is 31.8 Å². The Labute approximate surface area is 131 Å². The van der Waals surface area contributed by atoms with E-state index in [1.54, 1.807) is 30.3 Å². The maximum absolute atomic E-state index is 12.5. The highest BCUT2D eigenvalue weighted by Crippen LogP contribution is 2.48. The van der Waals surface area contributed by atoms with Crippen LogP contribution in [0.2, 0.25) is 0 Å². The van der Waals surface area contributed by atoms with Crippen molar-refractivity contribution in [1.82, 2.24) is 0 Å². The van der Waals surface area contributed by atoms with Crippen LogP contribution in [0.25, 0.3) is 10.8 Å². The summed E-state index contributed by atoms with van der Waals surface area (Å²) in [5.41, 5.74) is 2.17. The number of carbonyl (C=O) groups excluding carboxylic acids is 2. The second kappa shape index (κ2) is 3.98. The number of carbonyl (C=O) groups is 2. The molecule has 0 N–H and O–H groups in total. The summed E-state index contributed by atoms with van der Waals surface area (Å²) >= 11 is 0. The molecule has 0 aliphatic carbocycles. The average molecular weight is 302 g/mol. The highest BCUT2D eigenvalue weighted by atomic mass is 16.7. The van der Waals surface area contributed by atoms with Crippen molar-refractivity contribution in [3.8, 4) is 0 Å². The number of hydrogen-bond acceptors (Lipinski definition) is 4. The largest absolute Gasteiger partial charge is 0.410 e. The molecule has 0 saturated carbocycles. The number of esters is 2. The third-order valence-electron chi connectivity index (χ3n) is 4.45. The first-order valence-corrected chi connectivity index (χ1v) is 7.29. The average Bonchev–Trinajstić information content (AvgIpc) is 2.86. The molecule has 1 spiro atoms. The Morgan fingerprint density at radius 1 is 0.652 bits per heavy atom. The normalized spacial score (nSPS) is 21.2. The lowest BCUT2D eigenvalue weighted by molar-refractivity contribution is -0.138. The van der Waals surface area contributed by atoms with Crippen LogP contribution < -0.4 is 0 Å². The molecule has 3 aromatic rings. The number of benzene rings is 3. The fraction of sp³-hybridized carbons (Fsp3) is 0.0526. The van der Waals surface area contributed by atoms with E-state index < -0.39 is 17.7 Å². The van der Waals surface area contributed by atoms with Gasteiger partial charge in [-0.15, -0.1) is 0 Å². The van der Waals surface area contributed by atoms with Crippen LogP contribution in [-0.2, 0) is 15.3 Å². The number of fused-ring (bicyclic) bond motifs is 3. The van der Waals surface area contributed by atoms with E-state index in [0.29, 0.717) is 22.3 Å². The van der Waals surface area contributed by atoms with Crippen molar-refractivity contribution in [2.45, 2.75) is 5.79 Å². The van der Waals surface area contributed by atoms with Crippen molar-refractivity contribution in [2.75, 3.05) is 0 Å². The van der Waals surface area contributed by atoms with Crippen LogP contribution in [0, 0.1) is 0 Å². The van der Waals surface area contributed by atoms with E-state index in [9.17, 15) is 9.59 Å². The fourth-order valence-corrected chi connectivity index (χ4v) is 3.49. The Kier molecular flexibility index (Phi) is 2.15. The minimum Gasteiger partial charge on any atom is -0.410 e. The van der Waals surface area contributed by atoms with Crippen LogP contribution in [0.4, 0.5) is 0 Å². The molecule has 0 radical (unpaired) electrons. The Hall–Kier alpha value is -3.14. The Bertz CT molecular complexity index is 1020. The molecule has 0 saturated heterocycles. The van der Waals surface area contributed by atoms with Crippen molar-refractivity contribution >= 4 is 22.7 Å². The zero-order valence-electron chi connectivity index (χ0n) is 11.9. The van der Waals surface area contributed by atoms with Gasteiger partial charge >= 0.3 is 17.7 Å². The topological polar surface area (TPSA) is 52.6 Å². The van der Waals surface area contributed by atoms with Crippen LogP contribution >= 0.6 is 0 Å². The molecule has 0 fully saturated rings. The molecule has 3 aromatic carbocycles. The van der Waals surface area contributed by atoms with E-state index in [1.807, 2.05) is 30.3 Å². The molecule has 0 unspecified atom stereocenters. The van der Waals surface area contributed by atoms with E-state index in [1.165, 1.54) is 0 Å². The minimum absolute atomic E-state index is 0.427. The van der Waals surface area contributed by atoms with Crippen molar-refractivity contribution in [3.05, 3.63) is 82.9 Å². The maximum Gasteiger partial charge on any atom is 0.342 e. The van der Waals surface area contributed by atoms with Gasteiger partial charge in [0.1, 0.15) is 0 Å². The molecular weight excluding hydrogens is 292 g/mol. The molecule has 2 aliphatic heterocycles. The molecule has 110 valence electrons. The first-order valence-electron chi connectivity index (χ1n) is 7.29. The van der Waals surface area contributed by atoms with E-state index in [2.05, 4.69) is 0 Å². The molecule has 4 nitrogen and oxygen atoms in total. The van der Waals surface area contributed by atoms with Gasteiger partial charge in [0, 0.05) is 5.39 Å². The van der Waals surface area contributed by atoms with Gasteiger partial charge in [0.2, 0.25) is 0 Å². The van der Waals surface area contributed by atoms with Gasteiger partial charge < -0.3 is 9.47 Å². The van der Waals surface area contributed by atoms with E-state index in [-0.39, 0.29) is 0 Å². The summed E-state index contributed by atoms with van der Waals surface area (Å²) in [4.78, 5) is 24.8. The monoisotopic (exact) mass is 302 g/mol. The maximum atomic E-state index is 12.5. The van der Waals surface area contributed by atoms with Gasteiger partial charge in [-0.05, 0) is 23.6 Å². The molecular formula is C19H10O4. The van der Waals surface area contributed by atoms with Crippen LogP contribution in [0.3, 0.4) is 0 Å². The molecule has 0 amide bonds. The predicted octanol–water partition coefficient (Wildman–Crippen LogP) is 3.38. The van der Waals surface area contributed by atoms with Gasteiger partial charge in [0.15, 0.2) is 0 Å². The lowest BCUT2D eigenvalue weighted by Crippen LogP contribution is -2.37. The smallest absolute Gasteiger partial charge is 0.342 e.